The molecule has 7 rings (SSSR count). The van der Waals surface area contributed by atoms with E-state index >= 15 is 0 Å². The van der Waals surface area contributed by atoms with Crippen LogP contribution >= 0.6 is 7.82 Å². The van der Waals surface area contributed by atoms with Crippen LogP contribution < -0.4 is 22.2 Å². The number of aliphatic hydroxyl groups is 2. The number of quaternary nitrogens is 1. The monoisotopic (exact) mass is 1060 g/mol. The molecule has 4 fully saturated rings. The Morgan fingerprint density at radius 2 is 1.71 bits per heavy atom. The number of carbonyl (C=O) groups is 3. The Hall–Kier alpha value is -3.31. The largest absolute Gasteiger partial charge is 1.00 e. The molecule has 0 spiro atoms. The van der Waals surface area contributed by atoms with Crippen LogP contribution in [0.1, 0.15) is 134 Å². The van der Waals surface area contributed by atoms with Gasteiger partial charge in [-0.25, -0.2) is 9.36 Å². The number of nitrogens with one attached hydrogen (secondary N) is 1. The lowest BCUT2D eigenvalue weighted by atomic mass is 9.46. The number of halogens is 1. The molecule has 4 aliphatic carbocycles. The summed E-state index contributed by atoms with van der Waals surface area (Å²) >= 11 is 0. The van der Waals surface area contributed by atoms with E-state index in [1.807, 2.05) is 39.8 Å². The van der Waals surface area contributed by atoms with Crippen molar-refractivity contribution in [2.24, 2.45) is 28.6 Å². The molecule has 0 bridgehead atoms. The summed E-state index contributed by atoms with van der Waals surface area (Å²) in [5.74, 6) is -1.28. The SMILES string of the molecule is CCCC1O[C@@H]2C[C@H]3[C@@H]4CCC5=CC(=O)C=C[C@]5(C)[C@H]4[C@@H](O)C[C@]3(C)[C@]2(C(=O)COC(=O)C[N+](CC)(CC)Cc2cc(C(O)CNCCCCCCOCCCCc3ccccc3)ccc2OP(=O)(O)O)O1.[Cl-]. The fourth-order valence-electron chi connectivity index (χ4n) is 13.3. The number of hydrogen-bond acceptors (Lipinski definition) is 12. The van der Waals surface area contributed by atoms with Crippen molar-refractivity contribution in [2.45, 2.75) is 155 Å². The molecule has 2 aromatic carbocycles. The van der Waals surface area contributed by atoms with Crippen molar-refractivity contribution >= 4 is 25.4 Å². The standard InChI is InChI=1S/C56H81N2O13P.ClH/c1-6-18-52-69-50-33-45-44-24-23-42-32-43(59)26-27-54(42,4)53(44)46(60)34-55(45,5)56(50,70-52)49(62)38-68-51(63)37-58(7-2,8-3)36-41-31-40(22-25-48(41)71-72(64,65)66)47(61)35-57-28-15-9-10-16-29-67-30-17-14-21-39-19-12-11-13-20-39;/h11-13,19-20,22,25-27,31-32,44-47,50,52-53,57,60-61H,6-10,14-18,21,23-24,28-30,33-38H2,1-5H3,(H-,64,65,66);1H/t44-,45-,46-,47?,50+,52?,53+,54-,55-,56+;/m0./s1. The summed E-state index contributed by atoms with van der Waals surface area (Å²) in [6, 6.07) is 15.2. The molecule has 1 heterocycles. The minimum absolute atomic E-state index is 0. The third-order valence-corrected chi connectivity index (χ3v) is 17.6. The lowest BCUT2D eigenvalue weighted by Crippen LogP contribution is -3.00. The number of phosphoric acid groups is 1. The number of likely N-dealkylation sites (N-methyl/N-ethyl adjacent to an activating group) is 1. The van der Waals surface area contributed by atoms with Crippen molar-refractivity contribution < 1.29 is 79.3 Å². The van der Waals surface area contributed by atoms with Crippen LogP contribution in [0.25, 0.3) is 0 Å². The van der Waals surface area contributed by atoms with Crippen LogP contribution in [0, 0.1) is 28.6 Å². The van der Waals surface area contributed by atoms with Crippen molar-refractivity contribution in [1.29, 1.82) is 0 Å². The van der Waals surface area contributed by atoms with E-state index in [0.29, 0.717) is 43.6 Å². The molecule has 1 aliphatic heterocycles. The third-order valence-electron chi connectivity index (χ3n) is 17.2. The average molecular weight is 1060 g/mol. The van der Waals surface area contributed by atoms with Gasteiger partial charge in [0.15, 0.2) is 30.8 Å². The van der Waals surface area contributed by atoms with E-state index in [-0.39, 0.29) is 72.2 Å². The minimum atomic E-state index is -4.98. The highest BCUT2D eigenvalue weighted by Gasteiger charge is 2.76. The van der Waals surface area contributed by atoms with Crippen molar-refractivity contribution in [3.05, 3.63) is 89.0 Å². The summed E-state index contributed by atoms with van der Waals surface area (Å²) in [5.41, 5.74) is 0.546. The van der Waals surface area contributed by atoms with E-state index < -0.39 is 67.2 Å². The molecule has 1 saturated heterocycles. The topological polar surface area (TPSA) is 207 Å². The average Bonchev–Trinajstić information content (AvgIpc) is 3.83. The number of aliphatic hydroxyl groups excluding tert-OH is 2. The number of rotatable bonds is 28. The first-order valence-electron chi connectivity index (χ1n) is 26.8. The highest BCUT2D eigenvalue weighted by atomic mass is 35.5. The Morgan fingerprint density at radius 1 is 0.986 bits per heavy atom. The van der Waals surface area contributed by atoms with Gasteiger partial charge in [-0.2, -0.15) is 0 Å². The van der Waals surface area contributed by atoms with Crippen molar-refractivity contribution in [3.8, 4) is 5.75 Å². The van der Waals surface area contributed by atoms with Gasteiger partial charge in [0.2, 0.25) is 5.78 Å². The molecular weight excluding hydrogens is 975 g/mol. The molecule has 0 radical (unpaired) electrons. The predicted octanol–water partition coefficient (Wildman–Crippen LogP) is 5.02. The van der Waals surface area contributed by atoms with E-state index in [2.05, 4.69) is 36.5 Å². The quantitative estimate of drug-likeness (QED) is 0.0329. The molecule has 0 amide bonds. The zero-order valence-corrected chi connectivity index (χ0v) is 45.3. The van der Waals surface area contributed by atoms with Gasteiger partial charge in [-0.15, -0.1) is 0 Å². The Bertz CT molecular complexity index is 2290. The first-order chi connectivity index (χ1) is 34.4. The van der Waals surface area contributed by atoms with E-state index in [1.165, 1.54) is 11.6 Å². The summed E-state index contributed by atoms with van der Waals surface area (Å²) in [5, 5.41) is 26.7. The van der Waals surface area contributed by atoms with E-state index in [4.69, 9.17) is 23.5 Å². The number of unbranched alkanes of at least 4 members (excludes halogenated alkanes) is 4. The number of nitrogens with zero attached hydrogens (tertiary/aromatic N) is 1. The highest BCUT2D eigenvalue weighted by Crippen LogP contribution is 2.69. The van der Waals surface area contributed by atoms with Gasteiger partial charge in [0.25, 0.3) is 0 Å². The number of aryl methyl sites for hydroxylation is 1. The first kappa shape index (κ1) is 58.9. The fraction of sp³-hybridized carbons (Fsp3) is 0.661. The lowest BCUT2D eigenvalue weighted by Gasteiger charge is -2.59. The number of benzene rings is 2. The molecule has 3 saturated carbocycles. The summed E-state index contributed by atoms with van der Waals surface area (Å²) in [4.78, 5) is 61.0. The number of esters is 1. The van der Waals surface area contributed by atoms with Crippen LogP contribution in [-0.2, 0) is 50.9 Å². The van der Waals surface area contributed by atoms with Gasteiger partial charge in [-0.3, -0.25) is 19.4 Å². The van der Waals surface area contributed by atoms with Crippen LogP contribution in [0.15, 0.2) is 72.3 Å². The molecule has 0 aromatic heterocycles. The van der Waals surface area contributed by atoms with Crippen molar-refractivity contribution in [3.63, 3.8) is 0 Å². The second kappa shape index (κ2) is 25.7. The van der Waals surface area contributed by atoms with Crippen molar-refractivity contribution in [2.75, 3.05) is 52.5 Å². The van der Waals surface area contributed by atoms with Gasteiger partial charge in [0, 0.05) is 42.1 Å². The van der Waals surface area contributed by atoms with Gasteiger partial charge in [0.1, 0.15) is 12.3 Å². The van der Waals surface area contributed by atoms with Crippen LogP contribution in [0.4, 0.5) is 0 Å². The second-order valence-electron chi connectivity index (χ2n) is 21.7. The van der Waals surface area contributed by atoms with E-state index in [0.717, 1.165) is 83.0 Å². The number of ketones is 2. The molecule has 10 atom stereocenters. The summed E-state index contributed by atoms with van der Waals surface area (Å²) < 4.78 is 42.5. The number of Topliss-reactive ketones (excluding diaryl/α,β-unsaturated/α-hetero) is 1. The number of fused-ring (bicyclic) bond motifs is 7. The predicted molar refractivity (Wildman–Crippen MR) is 272 cm³/mol. The maximum Gasteiger partial charge on any atom is 0.524 e. The molecular formula is C56H82ClN2O13P. The molecule has 406 valence electrons. The Morgan fingerprint density at radius 3 is 2.42 bits per heavy atom. The Balaban J connectivity index is 0.00000869. The maximum atomic E-state index is 14.9. The highest BCUT2D eigenvalue weighted by molar-refractivity contribution is 7.46. The molecule has 2 unspecified atom stereocenters. The lowest BCUT2D eigenvalue weighted by molar-refractivity contribution is -0.931. The molecule has 5 N–H and O–H groups in total. The molecule has 5 aliphatic rings. The second-order valence-corrected chi connectivity index (χ2v) is 22.8. The van der Waals surface area contributed by atoms with Crippen LogP contribution in [0.2, 0.25) is 0 Å². The van der Waals surface area contributed by atoms with Crippen LogP contribution in [-0.4, -0.2) is 119 Å². The minimum Gasteiger partial charge on any atom is -1.00 e. The fourth-order valence-corrected chi connectivity index (χ4v) is 13.7. The van der Waals surface area contributed by atoms with Crippen molar-refractivity contribution in [1.82, 2.24) is 5.32 Å². The summed E-state index contributed by atoms with van der Waals surface area (Å²) in [7, 11) is -4.98. The first-order valence-corrected chi connectivity index (χ1v) is 28.3. The van der Waals surface area contributed by atoms with Gasteiger partial charge < -0.3 is 55.9 Å². The van der Waals surface area contributed by atoms with Crippen LogP contribution in [0.3, 0.4) is 0 Å². The zero-order valence-electron chi connectivity index (χ0n) is 43.7. The Labute approximate surface area is 439 Å². The molecule has 2 aromatic rings. The van der Waals surface area contributed by atoms with Crippen LogP contribution in [0.5, 0.6) is 5.75 Å². The third kappa shape index (κ3) is 13.5. The van der Waals surface area contributed by atoms with E-state index in [9.17, 15) is 38.9 Å². The number of hydrogen-bond donors (Lipinski definition) is 5. The number of carbonyl (C=O) groups excluding carboxylic acids is 3. The van der Waals surface area contributed by atoms with E-state index in [1.54, 1.807) is 24.3 Å². The van der Waals surface area contributed by atoms with Gasteiger partial charge in [-0.1, -0.05) is 88.1 Å². The molecule has 73 heavy (non-hydrogen) atoms. The zero-order chi connectivity index (χ0) is 51.7. The molecule has 17 heteroatoms. The normalized spacial score (nSPS) is 28.8. The Kier molecular flexibility index (Phi) is 20.7. The number of allylic oxidation sites excluding steroid dienone is 4. The van der Waals surface area contributed by atoms with Gasteiger partial charge in [0.05, 0.1) is 31.4 Å². The number of phosphoric ester groups is 1. The maximum absolute atomic E-state index is 14.9. The molecule has 15 nitrogen and oxygen atoms in total. The summed E-state index contributed by atoms with van der Waals surface area (Å²) in [6.07, 6.45) is 13.3. The van der Waals surface area contributed by atoms with Gasteiger partial charge >= 0.3 is 13.8 Å². The smallest absolute Gasteiger partial charge is 0.524 e. The van der Waals surface area contributed by atoms with Gasteiger partial charge in [-0.05, 0) is 132 Å². The summed E-state index contributed by atoms with van der Waals surface area (Å²) in [6.45, 7) is 12.7. The number of ether oxygens (including phenoxy) is 4.